The Morgan fingerprint density at radius 1 is 1.04 bits per heavy atom. The summed E-state index contributed by atoms with van der Waals surface area (Å²) in [6.07, 6.45) is 8.33. The molecule has 0 saturated carbocycles. The summed E-state index contributed by atoms with van der Waals surface area (Å²) in [4.78, 5) is 0. The van der Waals surface area contributed by atoms with Crippen molar-refractivity contribution in [2.45, 2.75) is 53.0 Å². The van der Waals surface area contributed by atoms with Crippen molar-refractivity contribution in [1.29, 1.82) is 0 Å². The van der Waals surface area contributed by atoms with E-state index in [9.17, 15) is 5.11 Å². The van der Waals surface area contributed by atoms with E-state index in [4.69, 9.17) is 0 Å². The zero-order valence-electron chi connectivity index (χ0n) is 15.9. The molecule has 1 N–H and O–H groups in total. The summed E-state index contributed by atoms with van der Waals surface area (Å²) in [5, 5.41) is 10.7. The van der Waals surface area contributed by atoms with Crippen LogP contribution in [0.15, 0.2) is 35.9 Å². The van der Waals surface area contributed by atoms with Gasteiger partial charge in [0.2, 0.25) is 0 Å². The molecule has 2 rings (SSSR count). The number of aryl methyl sites for hydroxylation is 1. The molecular weight excluding hydrogens is 407 g/mol. The van der Waals surface area contributed by atoms with Crippen molar-refractivity contribution >= 4 is 47.6 Å². The van der Waals surface area contributed by atoms with Crippen LogP contribution in [0.1, 0.15) is 18.9 Å². The topological polar surface area (TPSA) is 20.2 Å². The predicted octanol–water partition coefficient (Wildman–Crippen LogP) is 5.57. The fraction of sp³-hybridized carbons (Fsp3) is 0.444. The molecule has 0 atom stereocenters. The zero-order chi connectivity index (χ0) is 16.5. The number of allylic oxidation sites excluding steroid dienone is 4. The molecule has 1 aliphatic carbocycles. The Morgan fingerprint density at radius 2 is 1.54 bits per heavy atom. The molecule has 0 aliphatic heterocycles. The average molecular weight is 438 g/mol. The summed E-state index contributed by atoms with van der Waals surface area (Å²) in [5.74, 6) is 0.396. The van der Waals surface area contributed by atoms with E-state index in [-0.39, 0.29) is 46.5 Å². The van der Waals surface area contributed by atoms with Crippen LogP contribution in [0.25, 0.3) is 0 Å². The van der Waals surface area contributed by atoms with E-state index in [0.717, 1.165) is 21.5 Å². The smallest absolute Gasteiger partial charge is 0.115 e. The molecule has 24 heavy (non-hydrogen) atoms. The van der Waals surface area contributed by atoms with Gasteiger partial charge in [0, 0.05) is 31.2 Å². The molecule has 0 spiro atoms. The number of rotatable bonds is 1. The van der Waals surface area contributed by atoms with Gasteiger partial charge >= 0.3 is 0 Å². The fourth-order valence-electron chi connectivity index (χ4n) is 1.71. The third-order valence-electron chi connectivity index (χ3n) is 2.79. The van der Waals surface area contributed by atoms with Crippen molar-refractivity contribution in [3.05, 3.63) is 47.6 Å². The molecule has 0 fully saturated rings. The SMILES string of the molecule is CC1=[C-]CC=C1.C[Si]C.Cc1cc(O)cc([Si](C)(C)C)c1.Cl.Cl.[Ti]. The Morgan fingerprint density at radius 3 is 1.79 bits per heavy atom. The Kier molecular flexibility index (Phi) is 22.2. The second-order valence-corrected chi connectivity index (χ2v) is 12.4. The van der Waals surface area contributed by atoms with Crippen molar-refractivity contribution in [1.82, 2.24) is 0 Å². The molecule has 2 radical (unpaired) electrons. The molecule has 0 saturated heterocycles. The van der Waals surface area contributed by atoms with E-state index in [1.165, 1.54) is 10.8 Å². The van der Waals surface area contributed by atoms with E-state index < -0.39 is 8.07 Å². The number of phenols is 1. The summed E-state index contributed by atoms with van der Waals surface area (Å²) in [5.41, 5.74) is 2.42. The largest absolute Gasteiger partial charge is 0.508 e. The summed E-state index contributed by atoms with van der Waals surface area (Å²) in [7, 11) is -0.173. The minimum atomic E-state index is -1.26. The maximum atomic E-state index is 9.38. The van der Waals surface area contributed by atoms with Gasteiger partial charge < -0.3 is 5.11 Å². The molecule has 0 unspecified atom stereocenters. The van der Waals surface area contributed by atoms with Gasteiger partial charge in [-0.3, -0.25) is 6.08 Å². The van der Waals surface area contributed by atoms with Crippen molar-refractivity contribution in [3.8, 4) is 5.75 Å². The Balaban J connectivity index is -0.000000143. The summed E-state index contributed by atoms with van der Waals surface area (Å²) >= 11 is 0. The molecule has 0 amide bonds. The number of hydrogen-bond donors (Lipinski definition) is 1. The Labute approximate surface area is 179 Å². The molecule has 1 aromatic carbocycles. The molecule has 136 valence electrons. The van der Waals surface area contributed by atoms with Crippen molar-refractivity contribution < 1.29 is 26.8 Å². The second kappa shape index (κ2) is 16.7. The van der Waals surface area contributed by atoms with E-state index in [1.54, 1.807) is 6.07 Å². The average Bonchev–Trinajstić information content (AvgIpc) is 2.80. The van der Waals surface area contributed by atoms with Gasteiger partial charge in [0.05, 0.1) is 8.07 Å². The summed E-state index contributed by atoms with van der Waals surface area (Å²) in [6.45, 7) is 15.2. The van der Waals surface area contributed by atoms with Crippen LogP contribution in [0.4, 0.5) is 0 Å². The zero-order valence-corrected chi connectivity index (χ0v) is 21.1. The van der Waals surface area contributed by atoms with Gasteiger partial charge in [-0.25, -0.2) is 11.6 Å². The third-order valence-corrected chi connectivity index (χ3v) is 4.82. The van der Waals surface area contributed by atoms with Crippen LogP contribution in [0, 0.1) is 13.0 Å². The maximum Gasteiger partial charge on any atom is 0.115 e. The van der Waals surface area contributed by atoms with Gasteiger partial charge in [0.1, 0.15) is 5.75 Å². The quantitative estimate of drug-likeness (QED) is 0.449. The van der Waals surface area contributed by atoms with Crippen LogP contribution in [-0.2, 0) is 21.7 Å². The fourth-order valence-corrected chi connectivity index (χ4v) is 2.95. The molecule has 0 bridgehead atoms. The van der Waals surface area contributed by atoms with Crippen LogP contribution in [0.2, 0.25) is 32.7 Å². The molecule has 1 nitrogen and oxygen atoms in total. The first-order valence-electron chi connectivity index (χ1n) is 7.34. The van der Waals surface area contributed by atoms with Gasteiger partial charge in [-0.05, 0) is 24.6 Å². The Hall–Kier alpha value is 0.228. The first-order valence-corrected chi connectivity index (χ1v) is 12.8. The van der Waals surface area contributed by atoms with E-state index in [1.807, 2.05) is 13.0 Å². The van der Waals surface area contributed by atoms with Gasteiger partial charge in [-0.15, -0.1) is 31.2 Å². The molecular formula is C18H31Cl2OSi2Ti-. The number of aromatic hydroxyl groups is 1. The summed E-state index contributed by atoms with van der Waals surface area (Å²) in [6, 6.07) is 5.86. The van der Waals surface area contributed by atoms with Crippen LogP contribution in [0.5, 0.6) is 5.75 Å². The summed E-state index contributed by atoms with van der Waals surface area (Å²) < 4.78 is 0. The van der Waals surface area contributed by atoms with Crippen molar-refractivity contribution in [2.75, 3.05) is 0 Å². The van der Waals surface area contributed by atoms with Gasteiger partial charge in [-0.1, -0.05) is 50.9 Å². The first kappa shape index (κ1) is 31.9. The van der Waals surface area contributed by atoms with Crippen LogP contribution in [-0.4, -0.2) is 22.7 Å². The molecule has 1 aromatic rings. The predicted molar refractivity (Wildman–Crippen MR) is 114 cm³/mol. The normalized spacial score (nSPS) is 11.2. The molecule has 6 heteroatoms. The number of phenolic OH excluding ortho intramolecular Hbond substituents is 1. The van der Waals surface area contributed by atoms with Gasteiger partial charge in [0.25, 0.3) is 0 Å². The van der Waals surface area contributed by atoms with Crippen molar-refractivity contribution in [3.63, 3.8) is 0 Å². The first-order chi connectivity index (χ1) is 9.70. The standard InChI is InChI=1S/C10H16OSi.C6H7.C2H6Si.2ClH.Ti/c1-8-5-9(11)7-10(6-8)12(2,3)4;1-6-4-2-3-5-6;1-3-2;;;/h5-7,11H,1-4H3;2,4H,3H2,1H3;1-2H3;2*1H;/q;-1;;;;. The molecule has 0 heterocycles. The second-order valence-electron chi connectivity index (χ2n) is 6.27. The van der Waals surface area contributed by atoms with Gasteiger partial charge in [0.15, 0.2) is 0 Å². The van der Waals surface area contributed by atoms with Crippen molar-refractivity contribution in [2.24, 2.45) is 0 Å². The van der Waals surface area contributed by atoms with Crippen LogP contribution < -0.4 is 5.19 Å². The monoisotopic (exact) mass is 437 g/mol. The third kappa shape index (κ3) is 15.7. The van der Waals surface area contributed by atoms with E-state index in [2.05, 4.69) is 64.0 Å². The minimum absolute atomic E-state index is 0. The number of hydrogen-bond acceptors (Lipinski definition) is 1. The molecule has 0 aromatic heterocycles. The van der Waals surface area contributed by atoms with E-state index >= 15 is 0 Å². The number of benzene rings is 1. The van der Waals surface area contributed by atoms with E-state index in [0.29, 0.717) is 5.75 Å². The van der Waals surface area contributed by atoms with Crippen LogP contribution in [0.3, 0.4) is 0 Å². The Bertz CT molecular complexity index is 475. The van der Waals surface area contributed by atoms with Crippen LogP contribution >= 0.6 is 24.8 Å². The van der Waals surface area contributed by atoms with Gasteiger partial charge in [-0.2, -0.15) is 6.08 Å². The molecule has 1 aliphatic rings. The minimum Gasteiger partial charge on any atom is -0.508 e. The number of halogens is 2. The maximum absolute atomic E-state index is 9.38.